The van der Waals surface area contributed by atoms with Crippen LogP contribution in [0.2, 0.25) is 5.02 Å². The number of halogens is 4. The summed E-state index contributed by atoms with van der Waals surface area (Å²) in [5.41, 5.74) is 1.72. The number of piperidine rings is 1. The van der Waals surface area contributed by atoms with Gasteiger partial charge in [-0.25, -0.2) is 18.7 Å². The normalized spacial score (nSPS) is 16.4. The van der Waals surface area contributed by atoms with Gasteiger partial charge in [-0.2, -0.15) is 0 Å². The second-order valence-electron chi connectivity index (χ2n) is 9.37. The first-order valence-electron chi connectivity index (χ1n) is 12.3. The highest BCUT2D eigenvalue weighted by atomic mass is 35.5. The smallest absolute Gasteiger partial charge is 0.249 e. The minimum absolute atomic E-state index is 0.0260. The van der Waals surface area contributed by atoms with E-state index in [1.165, 1.54) is 37.2 Å². The van der Waals surface area contributed by atoms with Gasteiger partial charge in [0.05, 0.1) is 23.1 Å². The van der Waals surface area contributed by atoms with Crippen LogP contribution >= 0.6 is 23.4 Å². The summed E-state index contributed by atoms with van der Waals surface area (Å²) in [7, 11) is 1.52. The van der Waals surface area contributed by atoms with E-state index in [0.29, 0.717) is 60.4 Å². The number of ether oxygens (including phenoxy) is 1. The molecule has 2 heterocycles. The van der Waals surface area contributed by atoms with Crippen LogP contribution < -0.4 is 10.2 Å². The molecule has 1 atom stereocenters. The quantitative estimate of drug-likeness (QED) is 0.169. The van der Waals surface area contributed by atoms with Crippen molar-refractivity contribution in [3.05, 3.63) is 64.8 Å². The number of methoxy groups -OCH3 is 1. The monoisotopic (exact) mass is 567 g/mol. The number of benzene rings is 2. The molecule has 0 radical (unpaired) electrons. The summed E-state index contributed by atoms with van der Waals surface area (Å²) in [6, 6.07) is 9.26. The summed E-state index contributed by atoms with van der Waals surface area (Å²) in [6.07, 6.45) is 1.03. The number of fused-ring (bicyclic) bond motifs is 1. The lowest BCUT2D eigenvalue weighted by atomic mass is 9.73. The molecular weight excluding hydrogens is 539 g/mol. The Kier molecular flexibility index (Phi) is 9.40. The largest absolute Gasteiger partial charge is 0.497 e. The Balaban J connectivity index is 1.40. The molecule has 2 N–H and O–H groups in total. The number of carbonyl (C=O) groups is 1. The third-order valence-corrected chi connectivity index (χ3v) is 8.55. The van der Waals surface area contributed by atoms with Crippen molar-refractivity contribution in [3.63, 3.8) is 0 Å². The number of alkyl halides is 1. The van der Waals surface area contributed by atoms with Crippen LogP contribution in [0, 0.1) is 17.0 Å². The predicted octanol–water partition coefficient (Wildman–Crippen LogP) is 6.35. The van der Waals surface area contributed by atoms with Crippen LogP contribution in [0.25, 0.3) is 10.9 Å². The Morgan fingerprint density at radius 3 is 2.76 bits per heavy atom. The van der Waals surface area contributed by atoms with Crippen molar-refractivity contribution in [2.24, 2.45) is 5.41 Å². The summed E-state index contributed by atoms with van der Waals surface area (Å²) in [6.45, 7) is 1.71. The molecule has 1 saturated heterocycles. The lowest BCUT2D eigenvalue weighted by molar-refractivity contribution is -0.143. The maximum Gasteiger partial charge on any atom is 0.249 e. The number of rotatable bonds is 10. The van der Waals surface area contributed by atoms with Crippen molar-refractivity contribution in [1.82, 2.24) is 15.4 Å². The van der Waals surface area contributed by atoms with Crippen molar-refractivity contribution in [2.75, 3.05) is 32.5 Å². The van der Waals surface area contributed by atoms with Gasteiger partial charge in [-0.1, -0.05) is 17.7 Å². The van der Waals surface area contributed by atoms with E-state index in [2.05, 4.69) is 9.88 Å². The molecule has 204 valence electrons. The average Bonchev–Trinajstić information content (AvgIpc) is 2.93. The van der Waals surface area contributed by atoms with Gasteiger partial charge in [0.1, 0.15) is 11.9 Å². The van der Waals surface area contributed by atoms with Crippen molar-refractivity contribution >= 4 is 40.2 Å². The fourth-order valence-corrected chi connectivity index (χ4v) is 6.19. The van der Waals surface area contributed by atoms with Gasteiger partial charge in [0.15, 0.2) is 11.6 Å². The van der Waals surface area contributed by atoms with E-state index in [4.69, 9.17) is 16.3 Å². The van der Waals surface area contributed by atoms with E-state index >= 15 is 4.39 Å². The van der Waals surface area contributed by atoms with Gasteiger partial charge in [0.2, 0.25) is 5.91 Å². The maximum absolute atomic E-state index is 15.7. The summed E-state index contributed by atoms with van der Waals surface area (Å²) in [5.74, 6) is -1.16. The predicted molar refractivity (Wildman–Crippen MR) is 142 cm³/mol. The zero-order valence-corrected chi connectivity index (χ0v) is 22.4. The van der Waals surface area contributed by atoms with Crippen molar-refractivity contribution in [1.29, 1.82) is 0 Å². The molecule has 6 nitrogen and oxygen atoms in total. The minimum Gasteiger partial charge on any atom is -0.497 e. The van der Waals surface area contributed by atoms with Crippen LogP contribution in [0.5, 0.6) is 5.75 Å². The van der Waals surface area contributed by atoms with Gasteiger partial charge >= 0.3 is 0 Å². The van der Waals surface area contributed by atoms with Gasteiger partial charge in [0, 0.05) is 34.3 Å². The minimum atomic E-state index is -1.46. The number of pyridine rings is 1. The third-order valence-electron chi connectivity index (χ3n) is 7.24. The standard InChI is InChI=1S/C27H29ClF3N3O3S/c1-37-17-5-6-22-18(15-17)24(19(28)16-32-22)20(29)7-8-27(26(35)33-36)9-11-34(12-10-27)13-14-38-23-4-2-3-21(30)25(23)31/h2-6,15-16,20,36H,7-14H2,1H3,(H,33,35). The van der Waals surface area contributed by atoms with Gasteiger partial charge in [-0.3, -0.25) is 15.0 Å². The van der Waals surface area contributed by atoms with E-state index in [9.17, 15) is 18.8 Å². The van der Waals surface area contributed by atoms with Crippen LogP contribution in [0.15, 0.2) is 47.5 Å². The Hall–Kier alpha value is -2.53. The maximum atomic E-state index is 15.7. The van der Waals surface area contributed by atoms with Crippen LogP contribution in [-0.4, -0.2) is 53.5 Å². The highest BCUT2D eigenvalue weighted by molar-refractivity contribution is 7.99. The zero-order valence-electron chi connectivity index (χ0n) is 20.9. The highest BCUT2D eigenvalue weighted by Crippen LogP contribution is 2.42. The van der Waals surface area contributed by atoms with Crippen molar-refractivity contribution in [2.45, 2.75) is 36.8 Å². The molecular formula is C27H29ClF3N3O3S. The molecule has 2 aromatic carbocycles. The second kappa shape index (κ2) is 12.5. The van der Waals surface area contributed by atoms with E-state index in [1.54, 1.807) is 23.7 Å². The average molecular weight is 568 g/mol. The first-order chi connectivity index (χ1) is 18.3. The number of nitrogens with one attached hydrogen (secondary N) is 1. The fraction of sp³-hybridized carbons (Fsp3) is 0.407. The molecule has 3 aromatic rings. The lowest BCUT2D eigenvalue weighted by Gasteiger charge is -2.40. The second-order valence-corrected chi connectivity index (χ2v) is 10.9. The molecule has 38 heavy (non-hydrogen) atoms. The van der Waals surface area contributed by atoms with E-state index in [1.807, 2.05) is 0 Å². The summed E-state index contributed by atoms with van der Waals surface area (Å²) < 4.78 is 48.3. The van der Waals surface area contributed by atoms with E-state index in [0.717, 1.165) is 6.07 Å². The van der Waals surface area contributed by atoms with Crippen LogP contribution in [0.3, 0.4) is 0 Å². The molecule has 1 aromatic heterocycles. The molecule has 0 aliphatic carbocycles. The number of hydrogen-bond acceptors (Lipinski definition) is 6. The first kappa shape index (κ1) is 28.5. The van der Waals surface area contributed by atoms with Gasteiger partial charge < -0.3 is 9.64 Å². The van der Waals surface area contributed by atoms with Crippen LogP contribution in [0.1, 0.15) is 37.4 Å². The van der Waals surface area contributed by atoms with Gasteiger partial charge in [0.25, 0.3) is 0 Å². The topological polar surface area (TPSA) is 74.7 Å². The fourth-order valence-electron chi connectivity index (χ4n) is 4.95. The number of thioether (sulfide) groups is 1. The number of hydrogen-bond donors (Lipinski definition) is 2. The summed E-state index contributed by atoms with van der Waals surface area (Å²) in [5, 5.41) is 10.2. The third kappa shape index (κ3) is 6.20. The number of likely N-dealkylation sites (tertiary alicyclic amines) is 1. The molecule has 0 bridgehead atoms. The highest BCUT2D eigenvalue weighted by Gasteiger charge is 2.41. The molecule has 0 spiro atoms. The van der Waals surface area contributed by atoms with Crippen LogP contribution in [0.4, 0.5) is 13.2 Å². The summed E-state index contributed by atoms with van der Waals surface area (Å²) >= 11 is 7.58. The summed E-state index contributed by atoms with van der Waals surface area (Å²) in [4.78, 5) is 19.4. The van der Waals surface area contributed by atoms with E-state index in [-0.39, 0.29) is 22.8 Å². The molecule has 4 rings (SSSR count). The van der Waals surface area contributed by atoms with Crippen LogP contribution in [-0.2, 0) is 4.79 Å². The van der Waals surface area contributed by atoms with Crippen molar-refractivity contribution < 1.29 is 27.9 Å². The molecule has 1 aliphatic heterocycles. The SMILES string of the molecule is COc1ccc2ncc(Cl)c(C(F)CCC3(C(=O)NO)CCN(CCSc4cccc(F)c4F)CC3)c2c1. The molecule has 11 heteroatoms. The number of carbonyl (C=O) groups excluding carboxylic acids is 1. The van der Waals surface area contributed by atoms with Crippen molar-refractivity contribution in [3.8, 4) is 5.75 Å². The molecule has 1 aliphatic rings. The molecule has 1 fully saturated rings. The Labute approximate surface area is 228 Å². The molecule has 0 saturated carbocycles. The Morgan fingerprint density at radius 1 is 1.29 bits per heavy atom. The zero-order chi connectivity index (χ0) is 27.3. The van der Waals surface area contributed by atoms with Gasteiger partial charge in [-0.05, 0) is 69.1 Å². The number of aromatic nitrogens is 1. The van der Waals surface area contributed by atoms with Gasteiger partial charge in [-0.15, -0.1) is 11.8 Å². The Morgan fingerprint density at radius 2 is 2.05 bits per heavy atom. The number of nitrogens with zero attached hydrogens (tertiary/aromatic N) is 2. The molecule has 1 unspecified atom stereocenters. The lowest BCUT2D eigenvalue weighted by Crippen LogP contribution is -2.48. The number of amides is 1. The number of hydroxylamine groups is 1. The molecule has 1 amide bonds. The Bertz CT molecular complexity index is 1290. The first-order valence-corrected chi connectivity index (χ1v) is 13.6. The van der Waals surface area contributed by atoms with E-state index < -0.39 is 29.1 Å².